The number of ether oxygens (including phenoxy) is 1. The number of carboxylic acids is 1. The molecule has 0 aromatic carbocycles. The molecule has 0 saturated carbocycles. The monoisotopic (exact) mass is 342 g/mol. The van der Waals surface area contributed by atoms with Gasteiger partial charge in [-0.2, -0.15) is 0 Å². The Morgan fingerprint density at radius 2 is 1.29 bits per heavy atom. The molecule has 0 aliphatic rings. The van der Waals surface area contributed by atoms with Gasteiger partial charge in [0.2, 0.25) is 0 Å². The molecule has 24 heavy (non-hydrogen) atoms. The summed E-state index contributed by atoms with van der Waals surface area (Å²) >= 11 is 0. The standard InChI is InChI=1S/C20H38O4/c1-3-5-13-18(14-6-4-2)17-24-20(23)16-12-10-8-7-9-11-15-19(21)22/h18H,3-17H2,1-2H3,(H,21,22). The van der Waals surface area contributed by atoms with Gasteiger partial charge in [-0.05, 0) is 31.6 Å². The van der Waals surface area contributed by atoms with E-state index in [1.54, 1.807) is 0 Å². The average molecular weight is 343 g/mol. The van der Waals surface area contributed by atoms with Crippen LogP contribution in [0.3, 0.4) is 0 Å². The predicted octanol–water partition coefficient (Wildman–Crippen LogP) is 5.73. The molecule has 0 aromatic rings. The van der Waals surface area contributed by atoms with Crippen molar-refractivity contribution >= 4 is 11.9 Å². The molecule has 4 nitrogen and oxygen atoms in total. The Hall–Kier alpha value is -1.06. The lowest BCUT2D eigenvalue weighted by Crippen LogP contribution is -2.14. The summed E-state index contributed by atoms with van der Waals surface area (Å²) in [5, 5.41) is 8.55. The van der Waals surface area contributed by atoms with E-state index in [0.29, 0.717) is 18.9 Å². The maximum absolute atomic E-state index is 11.8. The van der Waals surface area contributed by atoms with Crippen LogP contribution in [0.15, 0.2) is 0 Å². The van der Waals surface area contributed by atoms with Crippen molar-refractivity contribution in [2.24, 2.45) is 5.92 Å². The highest BCUT2D eigenvalue weighted by atomic mass is 16.5. The molecule has 0 aliphatic carbocycles. The molecular formula is C20H38O4. The van der Waals surface area contributed by atoms with Crippen LogP contribution in [0.25, 0.3) is 0 Å². The molecule has 0 saturated heterocycles. The van der Waals surface area contributed by atoms with Crippen LogP contribution in [0.1, 0.15) is 104 Å². The Labute approximate surface area is 148 Å². The van der Waals surface area contributed by atoms with Gasteiger partial charge in [-0.1, -0.05) is 65.2 Å². The third-order valence-corrected chi connectivity index (χ3v) is 4.43. The van der Waals surface area contributed by atoms with Crippen molar-refractivity contribution in [3.63, 3.8) is 0 Å². The smallest absolute Gasteiger partial charge is 0.305 e. The quantitative estimate of drug-likeness (QED) is 0.271. The summed E-state index contributed by atoms with van der Waals surface area (Å²) in [6, 6.07) is 0. The molecule has 4 heteroatoms. The van der Waals surface area contributed by atoms with Gasteiger partial charge in [0.1, 0.15) is 0 Å². The van der Waals surface area contributed by atoms with Crippen LogP contribution in [0.2, 0.25) is 0 Å². The van der Waals surface area contributed by atoms with Gasteiger partial charge in [-0.3, -0.25) is 9.59 Å². The highest BCUT2D eigenvalue weighted by Crippen LogP contribution is 2.17. The molecule has 0 spiro atoms. The first-order valence-electron chi connectivity index (χ1n) is 9.97. The minimum absolute atomic E-state index is 0.0566. The number of hydrogen-bond donors (Lipinski definition) is 1. The zero-order chi connectivity index (χ0) is 18.0. The second-order valence-corrected chi connectivity index (χ2v) is 6.85. The molecular weight excluding hydrogens is 304 g/mol. The van der Waals surface area contributed by atoms with E-state index >= 15 is 0 Å². The number of hydrogen-bond acceptors (Lipinski definition) is 3. The van der Waals surface area contributed by atoms with Crippen molar-refractivity contribution in [1.29, 1.82) is 0 Å². The topological polar surface area (TPSA) is 63.6 Å². The lowest BCUT2D eigenvalue weighted by molar-refractivity contribution is -0.145. The Morgan fingerprint density at radius 3 is 1.79 bits per heavy atom. The molecule has 0 bridgehead atoms. The molecule has 0 rings (SSSR count). The average Bonchev–Trinajstić information content (AvgIpc) is 2.56. The van der Waals surface area contributed by atoms with Crippen LogP contribution in [-0.2, 0) is 14.3 Å². The van der Waals surface area contributed by atoms with Crippen LogP contribution < -0.4 is 0 Å². The van der Waals surface area contributed by atoms with E-state index in [9.17, 15) is 9.59 Å². The number of esters is 1. The van der Waals surface area contributed by atoms with Crippen molar-refractivity contribution in [3.05, 3.63) is 0 Å². The number of rotatable bonds is 17. The van der Waals surface area contributed by atoms with Gasteiger partial charge in [-0.25, -0.2) is 0 Å². The van der Waals surface area contributed by atoms with Crippen molar-refractivity contribution in [2.45, 2.75) is 104 Å². The van der Waals surface area contributed by atoms with Crippen LogP contribution in [0.5, 0.6) is 0 Å². The van der Waals surface area contributed by atoms with Gasteiger partial charge in [0.15, 0.2) is 0 Å². The maximum Gasteiger partial charge on any atom is 0.305 e. The van der Waals surface area contributed by atoms with Gasteiger partial charge in [-0.15, -0.1) is 0 Å². The summed E-state index contributed by atoms with van der Waals surface area (Å²) in [6.07, 6.45) is 13.7. The van der Waals surface area contributed by atoms with E-state index in [1.165, 1.54) is 38.5 Å². The highest BCUT2D eigenvalue weighted by molar-refractivity contribution is 5.69. The number of unbranched alkanes of at least 4 members (excludes halogenated alkanes) is 7. The van der Waals surface area contributed by atoms with Crippen LogP contribution in [-0.4, -0.2) is 23.7 Å². The number of aliphatic carboxylic acids is 1. The highest BCUT2D eigenvalue weighted by Gasteiger charge is 2.11. The Balaban J connectivity index is 3.59. The number of carboxylic acid groups (broad SMARTS) is 1. The fraction of sp³-hybridized carbons (Fsp3) is 0.900. The summed E-state index contributed by atoms with van der Waals surface area (Å²) in [5.74, 6) is -0.240. The molecule has 0 fully saturated rings. The van der Waals surface area contributed by atoms with Crippen molar-refractivity contribution in [3.8, 4) is 0 Å². The largest absolute Gasteiger partial charge is 0.481 e. The SMILES string of the molecule is CCCCC(CCCC)COC(=O)CCCCCCCCC(=O)O. The Bertz CT molecular complexity index is 307. The van der Waals surface area contributed by atoms with Crippen LogP contribution in [0, 0.1) is 5.92 Å². The van der Waals surface area contributed by atoms with E-state index < -0.39 is 5.97 Å². The van der Waals surface area contributed by atoms with Crippen molar-refractivity contribution < 1.29 is 19.4 Å². The van der Waals surface area contributed by atoms with Gasteiger partial charge in [0.05, 0.1) is 6.61 Å². The molecule has 1 N–H and O–H groups in total. The number of carbonyl (C=O) groups excluding carboxylic acids is 1. The molecule has 0 unspecified atom stereocenters. The third-order valence-electron chi connectivity index (χ3n) is 4.43. The van der Waals surface area contributed by atoms with E-state index in [0.717, 1.165) is 38.5 Å². The predicted molar refractivity (Wildman–Crippen MR) is 98.1 cm³/mol. The van der Waals surface area contributed by atoms with Crippen molar-refractivity contribution in [2.75, 3.05) is 6.61 Å². The first-order valence-corrected chi connectivity index (χ1v) is 9.97. The molecule has 0 atom stereocenters. The fourth-order valence-corrected chi connectivity index (χ4v) is 2.83. The second kappa shape index (κ2) is 16.8. The van der Waals surface area contributed by atoms with Crippen LogP contribution in [0.4, 0.5) is 0 Å². The van der Waals surface area contributed by atoms with Gasteiger partial charge < -0.3 is 9.84 Å². The first kappa shape index (κ1) is 22.9. The Morgan fingerprint density at radius 1 is 0.792 bits per heavy atom. The maximum atomic E-state index is 11.8. The fourth-order valence-electron chi connectivity index (χ4n) is 2.83. The van der Waals surface area contributed by atoms with Crippen molar-refractivity contribution in [1.82, 2.24) is 0 Å². The summed E-state index contributed by atoms with van der Waals surface area (Å²) in [6.45, 7) is 4.99. The van der Waals surface area contributed by atoms with Gasteiger partial charge >= 0.3 is 11.9 Å². The molecule has 0 radical (unpaired) electrons. The first-order chi connectivity index (χ1) is 11.6. The molecule has 0 amide bonds. The lowest BCUT2D eigenvalue weighted by atomic mass is 9.97. The molecule has 0 aromatic heterocycles. The second-order valence-electron chi connectivity index (χ2n) is 6.85. The summed E-state index contributed by atoms with van der Waals surface area (Å²) in [7, 11) is 0. The van der Waals surface area contributed by atoms with Gasteiger partial charge in [0.25, 0.3) is 0 Å². The van der Waals surface area contributed by atoms with Gasteiger partial charge in [0, 0.05) is 12.8 Å². The summed E-state index contributed by atoms with van der Waals surface area (Å²) in [4.78, 5) is 22.2. The third kappa shape index (κ3) is 15.8. The minimum Gasteiger partial charge on any atom is -0.481 e. The van der Waals surface area contributed by atoms with E-state index in [4.69, 9.17) is 9.84 Å². The summed E-state index contributed by atoms with van der Waals surface area (Å²) in [5.41, 5.74) is 0. The van der Waals surface area contributed by atoms with Crippen LogP contribution >= 0.6 is 0 Å². The minimum atomic E-state index is -0.714. The summed E-state index contributed by atoms with van der Waals surface area (Å²) < 4.78 is 5.47. The lowest BCUT2D eigenvalue weighted by Gasteiger charge is -2.16. The van der Waals surface area contributed by atoms with E-state index in [-0.39, 0.29) is 12.4 Å². The normalized spacial score (nSPS) is 11.0. The molecule has 142 valence electrons. The zero-order valence-electron chi connectivity index (χ0n) is 15.9. The van der Waals surface area contributed by atoms with E-state index in [1.807, 2.05) is 0 Å². The Kier molecular flexibility index (Phi) is 16.0. The molecule has 0 heterocycles. The zero-order valence-corrected chi connectivity index (χ0v) is 15.9. The molecule has 0 aliphatic heterocycles. The van der Waals surface area contributed by atoms with E-state index in [2.05, 4.69) is 13.8 Å². The number of carbonyl (C=O) groups is 2.